The van der Waals surface area contributed by atoms with Crippen LogP contribution in [0.1, 0.15) is 12.0 Å². The molecule has 2 heterocycles. The molecule has 0 spiro atoms. The summed E-state index contributed by atoms with van der Waals surface area (Å²) in [6.45, 7) is 2.77. The predicted molar refractivity (Wildman–Crippen MR) is 107 cm³/mol. The summed E-state index contributed by atoms with van der Waals surface area (Å²) in [6, 6.07) is 13.1. The van der Waals surface area contributed by atoms with Gasteiger partial charge in [-0.05, 0) is 42.3 Å². The maximum Gasteiger partial charge on any atom is 0.344 e. The third-order valence-corrected chi connectivity index (χ3v) is 4.97. The molecule has 0 fully saturated rings. The number of hydrogen-bond donors (Lipinski definition) is 0. The average molecular weight is 381 g/mol. The Balaban J connectivity index is 1.69. The molecule has 4 rings (SSSR count). The molecule has 0 saturated heterocycles. The summed E-state index contributed by atoms with van der Waals surface area (Å²) in [5, 5.41) is 0.881. The summed E-state index contributed by atoms with van der Waals surface area (Å²) in [4.78, 5) is 14.9. The first-order chi connectivity index (χ1) is 13.7. The number of benzene rings is 2. The van der Waals surface area contributed by atoms with Gasteiger partial charge < -0.3 is 18.6 Å². The monoisotopic (exact) mass is 381 g/mol. The lowest BCUT2D eigenvalue weighted by Gasteiger charge is -2.29. The van der Waals surface area contributed by atoms with Gasteiger partial charge in [0, 0.05) is 32.2 Å². The van der Waals surface area contributed by atoms with Crippen LogP contribution in [-0.4, -0.2) is 39.0 Å². The van der Waals surface area contributed by atoms with Gasteiger partial charge in [0.25, 0.3) is 0 Å². The lowest BCUT2D eigenvalue weighted by molar-refractivity contribution is 0.0837. The van der Waals surface area contributed by atoms with E-state index in [1.54, 1.807) is 14.2 Å². The van der Waals surface area contributed by atoms with Crippen molar-refractivity contribution < 1.29 is 18.6 Å². The minimum Gasteiger partial charge on any atom is -0.497 e. The van der Waals surface area contributed by atoms with E-state index in [1.807, 2.05) is 42.5 Å². The van der Waals surface area contributed by atoms with Crippen molar-refractivity contribution in [2.24, 2.45) is 0 Å². The molecule has 6 nitrogen and oxygen atoms in total. The second-order valence-electron chi connectivity index (χ2n) is 6.81. The number of hydrogen-bond acceptors (Lipinski definition) is 6. The highest BCUT2D eigenvalue weighted by atomic mass is 16.5. The third-order valence-electron chi connectivity index (χ3n) is 4.97. The molecule has 0 unspecified atom stereocenters. The van der Waals surface area contributed by atoms with Crippen LogP contribution in [-0.2, 0) is 11.3 Å². The largest absolute Gasteiger partial charge is 0.497 e. The highest BCUT2D eigenvalue weighted by Gasteiger charge is 2.22. The first-order valence-corrected chi connectivity index (χ1v) is 9.28. The Morgan fingerprint density at radius 3 is 2.68 bits per heavy atom. The van der Waals surface area contributed by atoms with E-state index in [2.05, 4.69) is 4.90 Å². The van der Waals surface area contributed by atoms with Gasteiger partial charge in [0.05, 0.1) is 18.2 Å². The summed E-state index contributed by atoms with van der Waals surface area (Å²) in [5.41, 5.74) is 2.48. The molecule has 0 atom stereocenters. The fourth-order valence-electron chi connectivity index (χ4n) is 3.49. The van der Waals surface area contributed by atoms with Crippen LogP contribution < -0.4 is 15.1 Å². The second-order valence-corrected chi connectivity index (χ2v) is 6.81. The van der Waals surface area contributed by atoms with Gasteiger partial charge in [-0.1, -0.05) is 12.1 Å². The Morgan fingerprint density at radius 1 is 1.11 bits per heavy atom. The Morgan fingerprint density at radius 2 is 1.93 bits per heavy atom. The van der Waals surface area contributed by atoms with Crippen LogP contribution in [0.25, 0.3) is 22.1 Å². The van der Waals surface area contributed by atoms with Gasteiger partial charge in [0.2, 0.25) is 0 Å². The quantitative estimate of drug-likeness (QED) is 0.480. The predicted octanol–water partition coefficient (Wildman–Crippen LogP) is 3.66. The summed E-state index contributed by atoms with van der Waals surface area (Å²) in [6.07, 6.45) is 0.922. The van der Waals surface area contributed by atoms with E-state index in [1.165, 1.54) is 0 Å². The van der Waals surface area contributed by atoms with Gasteiger partial charge in [-0.2, -0.15) is 0 Å². The molecular formula is C22H23NO5. The molecular weight excluding hydrogens is 358 g/mol. The van der Waals surface area contributed by atoms with E-state index in [0.717, 1.165) is 41.0 Å². The number of ether oxygens (including phenoxy) is 3. The van der Waals surface area contributed by atoms with Crippen molar-refractivity contribution in [1.29, 1.82) is 0 Å². The third kappa shape index (κ3) is 3.61. The first-order valence-electron chi connectivity index (χ1n) is 9.28. The van der Waals surface area contributed by atoms with E-state index >= 15 is 0 Å². The van der Waals surface area contributed by atoms with Crippen LogP contribution in [0.3, 0.4) is 0 Å². The van der Waals surface area contributed by atoms with E-state index in [4.69, 9.17) is 18.6 Å². The maximum atomic E-state index is 12.7. The SMILES string of the molecule is COCCCN1COc2ccc3cc(-c4ccc(OC)cc4)c(=O)oc3c2C1. The Bertz CT molecular complexity index is 1030. The Labute approximate surface area is 163 Å². The van der Waals surface area contributed by atoms with Gasteiger partial charge in [-0.25, -0.2) is 4.79 Å². The molecule has 6 heteroatoms. The van der Waals surface area contributed by atoms with Crippen molar-refractivity contribution >= 4 is 11.0 Å². The number of fused-ring (bicyclic) bond motifs is 3. The topological polar surface area (TPSA) is 61.1 Å². The van der Waals surface area contributed by atoms with Gasteiger partial charge in [0.15, 0.2) is 0 Å². The van der Waals surface area contributed by atoms with Crippen LogP contribution in [0.15, 0.2) is 51.7 Å². The zero-order chi connectivity index (χ0) is 19.5. The number of rotatable bonds is 6. The van der Waals surface area contributed by atoms with E-state index < -0.39 is 0 Å². The molecule has 0 saturated carbocycles. The second kappa shape index (κ2) is 8.04. The molecule has 28 heavy (non-hydrogen) atoms. The summed E-state index contributed by atoms with van der Waals surface area (Å²) >= 11 is 0. The van der Waals surface area contributed by atoms with Crippen molar-refractivity contribution in [2.45, 2.75) is 13.0 Å². The molecule has 1 aliphatic heterocycles. The fourth-order valence-corrected chi connectivity index (χ4v) is 3.49. The van der Waals surface area contributed by atoms with Crippen LogP contribution in [0.5, 0.6) is 11.5 Å². The van der Waals surface area contributed by atoms with Crippen molar-refractivity contribution in [3.05, 3.63) is 58.4 Å². The van der Waals surface area contributed by atoms with Crippen molar-refractivity contribution in [3.63, 3.8) is 0 Å². The molecule has 1 aliphatic rings. The lowest BCUT2D eigenvalue weighted by atomic mass is 10.0. The van der Waals surface area contributed by atoms with Gasteiger partial charge in [0.1, 0.15) is 23.8 Å². The Kier molecular flexibility index (Phi) is 5.32. The molecule has 1 aromatic heterocycles. The average Bonchev–Trinajstić information content (AvgIpc) is 2.73. The first kappa shape index (κ1) is 18.5. The molecule has 2 aromatic carbocycles. The fraction of sp³-hybridized carbons (Fsp3) is 0.318. The van der Waals surface area contributed by atoms with Gasteiger partial charge >= 0.3 is 5.63 Å². The van der Waals surface area contributed by atoms with Crippen LogP contribution >= 0.6 is 0 Å². The standard InChI is InChI=1S/C22H23NO5/c1-25-11-3-10-23-13-19-20(27-14-23)9-6-16-12-18(22(24)28-21(16)19)15-4-7-17(26-2)8-5-15/h4-9,12H,3,10-11,13-14H2,1-2H3. The van der Waals surface area contributed by atoms with Crippen LogP contribution in [0.4, 0.5) is 0 Å². The van der Waals surface area contributed by atoms with Gasteiger partial charge in [-0.3, -0.25) is 4.90 Å². The number of methoxy groups -OCH3 is 2. The van der Waals surface area contributed by atoms with Crippen molar-refractivity contribution in [1.82, 2.24) is 4.90 Å². The molecule has 0 amide bonds. The highest BCUT2D eigenvalue weighted by molar-refractivity contribution is 5.86. The molecule has 0 radical (unpaired) electrons. The normalized spacial score (nSPS) is 13.9. The summed E-state index contributed by atoms with van der Waals surface area (Å²) in [5.74, 6) is 1.52. The summed E-state index contributed by atoms with van der Waals surface area (Å²) < 4.78 is 21.9. The zero-order valence-corrected chi connectivity index (χ0v) is 16.1. The summed E-state index contributed by atoms with van der Waals surface area (Å²) in [7, 11) is 3.31. The van der Waals surface area contributed by atoms with Crippen molar-refractivity contribution in [2.75, 3.05) is 34.1 Å². The highest BCUT2D eigenvalue weighted by Crippen LogP contribution is 2.33. The smallest absolute Gasteiger partial charge is 0.344 e. The van der Waals surface area contributed by atoms with E-state index in [9.17, 15) is 4.79 Å². The van der Waals surface area contributed by atoms with E-state index in [-0.39, 0.29) is 5.63 Å². The molecule has 146 valence electrons. The molecule has 0 bridgehead atoms. The van der Waals surface area contributed by atoms with Crippen LogP contribution in [0, 0.1) is 0 Å². The minimum absolute atomic E-state index is 0.359. The van der Waals surface area contributed by atoms with Gasteiger partial charge in [-0.15, -0.1) is 0 Å². The molecule has 3 aromatic rings. The number of nitrogens with zero attached hydrogens (tertiary/aromatic N) is 1. The minimum atomic E-state index is -0.359. The molecule has 0 N–H and O–H groups in total. The lowest BCUT2D eigenvalue weighted by Crippen LogP contribution is -2.33. The van der Waals surface area contributed by atoms with E-state index in [0.29, 0.717) is 31.0 Å². The molecule has 0 aliphatic carbocycles. The van der Waals surface area contributed by atoms with Crippen LogP contribution in [0.2, 0.25) is 0 Å². The van der Waals surface area contributed by atoms with Crippen molar-refractivity contribution in [3.8, 4) is 22.6 Å². The Hall–Kier alpha value is -2.83. The maximum absolute atomic E-state index is 12.7. The zero-order valence-electron chi connectivity index (χ0n) is 16.1.